The van der Waals surface area contributed by atoms with Gasteiger partial charge in [-0.2, -0.15) is 0 Å². The third kappa shape index (κ3) is 6.10. The number of aliphatic hydroxyl groups is 6. The minimum Gasteiger partial charge on any atom is -0.472 e. The highest BCUT2D eigenvalue weighted by Crippen LogP contribution is 2.46. The highest BCUT2D eigenvalue weighted by molar-refractivity contribution is 6.03. The van der Waals surface area contributed by atoms with Crippen LogP contribution in [0.5, 0.6) is 0 Å². The molecule has 14 heteroatoms. The van der Waals surface area contributed by atoms with Crippen LogP contribution in [0.15, 0.2) is 60.4 Å². The first-order chi connectivity index (χ1) is 21.0. The molecule has 13 atom stereocenters. The number of hydrogen-bond acceptors (Lipinski definition) is 14. The Kier molecular flexibility index (Phi) is 9.67. The summed E-state index contributed by atoms with van der Waals surface area (Å²) in [5.41, 5.74) is -0.704. The van der Waals surface area contributed by atoms with Crippen molar-refractivity contribution in [2.75, 3.05) is 6.61 Å². The normalized spacial score (nSPS) is 42.1. The van der Waals surface area contributed by atoms with Crippen molar-refractivity contribution in [2.45, 2.75) is 87.2 Å². The Hall–Kier alpha value is -3.02. The van der Waals surface area contributed by atoms with Gasteiger partial charge in [0.15, 0.2) is 30.1 Å². The molecule has 44 heavy (non-hydrogen) atoms. The lowest BCUT2D eigenvalue weighted by Gasteiger charge is -2.47. The maximum Gasteiger partial charge on any atom is 0.331 e. The van der Waals surface area contributed by atoms with Crippen molar-refractivity contribution in [1.29, 1.82) is 0 Å². The predicted octanol–water partition coefficient (Wildman–Crippen LogP) is -1.33. The van der Waals surface area contributed by atoms with E-state index in [2.05, 4.69) is 0 Å². The van der Waals surface area contributed by atoms with Gasteiger partial charge >= 0.3 is 5.97 Å². The molecule has 240 valence electrons. The zero-order valence-corrected chi connectivity index (χ0v) is 23.9. The molecular formula is C30H36O14. The quantitative estimate of drug-likeness (QED) is 0.147. The summed E-state index contributed by atoms with van der Waals surface area (Å²) in [6, 6.07) is 8.94. The molecule has 4 aliphatic rings. The molecule has 0 spiro atoms. The van der Waals surface area contributed by atoms with Crippen LogP contribution in [0.3, 0.4) is 0 Å². The van der Waals surface area contributed by atoms with Gasteiger partial charge in [0, 0.05) is 6.08 Å². The molecule has 3 aliphatic heterocycles. The van der Waals surface area contributed by atoms with Crippen molar-refractivity contribution in [2.24, 2.45) is 5.92 Å². The lowest BCUT2D eigenvalue weighted by atomic mass is 9.83. The van der Waals surface area contributed by atoms with E-state index >= 15 is 0 Å². The fourth-order valence-electron chi connectivity index (χ4n) is 5.72. The van der Waals surface area contributed by atoms with Gasteiger partial charge in [-0.1, -0.05) is 35.9 Å². The number of rotatable bonds is 8. The minimum atomic E-state index is -1.86. The van der Waals surface area contributed by atoms with Crippen molar-refractivity contribution < 1.29 is 68.6 Å². The van der Waals surface area contributed by atoms with Gasteiger partial charge in [-0.25, -0.2) is 4.79 Å². The number of fused-ring (bicyclic) bond motifs is 1. The van der Waals surface area contributed by atoms with E-state index in [0.717, 1.165) is 17.9 Å². The summed E-state index contributed by atoms with van der Waals surface area (Å²) in [4.78, 5) is 26.0. The minimum absolute atomic E-state index is 0.432. The van der Waals surface area contributed by atoms with Gasteiger partial charge in [0.05, 0.1) is 24.9 Å². The molecule has 0 saturated carbocycles. The van der Waals surface area contributed by atoms with Crippen molar-refractivity contribution in [3.63, 3.8) is 0 Å². The van der Waals surface area contributed by atoms with Crippen LogP contribution in [0, 0.1) is 5.92 Å². The van der Waals surface area contributed by atoms with Gasteiger partial charge in [0.1, 0.15) is 36.6 Å². The first kappa shape index (κ1) is 32.4. The molecular weight excluding hydrogens is 584 g/mol. The second-order valence-corrected chi connectivity index (χ2v) is 11.1. The SMILES string of the molecule is CC1=CC(=O)[C@@]2(O[C@@H]3O[C@H](C)[C@@H](O)[C@@H](OC(=O)/C=C\c4ccccc4)[C@@H]3O)C=CO[C@@H](O[C@H]3O[C@@H](CO)[C@H](O)[C@@H](O)[C@@H]3O)[C@H]12. The first-order valence-electron chi connectivity index (χ1n) is 14.1. The molecule has 0 bridgehead atoms. The first-order valence-corrected chi connectivity index (χ1v) is 14.1. The lowest BCUT2D eigenvalue weighted by molar-refractivity contribution is -0.353. The van der Waals surface area contributed by atoms with E-state index in [9.17, 15) is 40.2 Å². The van der Waals surface area contributed by atoms with Crippen molar-refractivity contribution in [1.82, 2.24) is 0 Å². The third-order valence-corrected chi connectivity index (χ3v) is 8.17. The zero-order valence-electron chi connectivity index (χ0n) is 23.9. The molecule has 0 aromatic heterocycles. The number of carbonyl (C=O) groups excluding carboxylic acids is 2. The van der Waals surface area contributed by atoms with Crippen LogP contribution in [0.1, 0.15) is 19.4 Å². The highest BCUT2D eigenvalue weighted by Gasteiger charge is 2.60. The standard InChI is InChI=1S/C30H36O14/c1-14-12-18(32)30(10-11-39-27(20(14)30)43-28-24(37)23(36)22(35)17(13-31)41-28)44-29-25(38)26(21(34)15(2)40-29)42-19(33)9-8-16-6-4-3-5-7-16/h3-12,15,17,20-29,31,34-38H,13H2,1-2H3/b9-8-/t15-,17+,20+,21-,22+,23-,24+,25+,26-,27+,28-,29+,30+/m1/s1. The van der Waals surface area contributed by atoms with Crippen LogP contribution in [0.2, 0.25) is 0 Å². The number of ether oxygens (including phenoxy) is 6. The molecule has 3 heterocycles. The number of esters is 1. The van der Waals surface area contributed by atoms with Crippen LogP contribution in [-0.4, -0.2) is 122 Å². The van der Waals surface area contributed by atoms with Crippen molar-refractivity contribution in [3.8, 4) is 0 Å². The van der Waals surface area contributed by atoms with Crippen LogP contribution in [-0.2, 0) is 38.0 Å². The van der Waals surface area contributed by atoms with E-state index in [1.807, 2.05) is 6.07 Å². The van der Waals surface area contributed by atoms with Gasteiger partial charge in [0.2, 0.25) is 6.29 Å². The Morgan fingerprint density at radius 3 is 2.39 bits per heavy atom. The molecule has 0 amide bonds. The predicted molar refractivity (Wildman–Crippen MR) is 147 cm³/mol. The van der Waals surface area contributed by atoms with E-state index in [1.54, 1.807) is 31.2 Å². The lowest BCUT2D eigenvalue weighted by Crippen LogP contribution is -2.63. The number of carbonyl (C=O) groups is 2. The Labute approximate surface area is 252 Å². The monoisotopic (exact) mass is 620 g/mol. The van der Waals surface area contributed by atoms with E-state index < -0.39 is 97.6 Å². The third-order valence-electron chi connectivity index (χ3n) is 8.17. The van der Waals surface area contributed by atoms with Crippen LogP contribution < -0.4 is 0 Å². The van der Waals surface area contributed by atoms with Gasteiger partial charge in [0.25, 0.3) is 0 Å². The summed E-state index contributed by atoms with van der Waals surface area (Å²) in [5.74, 6) is -2.43. The maximum atomic E-state index is 13.4. The summed E-state index contributed by atoms with van der Waals surface area (Å²) in [6.07, 6.45) is -10.1. The Balaban J connectivity index is 1.34. The van der Waals surface area contributed by atoms with Crippen LogP contribution in [0.4, 0.5) is 0 Å². The number of ketones is 1. The van der Waals surface area contributed by atoms with Gasteiger partial charge in [-0.15, -0.1) is 0 Å². The van der Waals surface area contributed by atoms with E-state index in [0.29, 0.717) is 5.57 Å². The number of hydrogen-bond donors (Lipinski definition) is 6. The van der Waals surface area contributed by atoms with Crippen molar-refractivity contribution >= 4 is 17.8 Å². The summed E-state index contributed by atoms with van der Waals surface area (Å²) in [7, 11) is 0. The summed E-state index contributed by atoms with van der Waals surface area (Å²) >= 11 is 0. The molecule has 1 aromatic rings. The average molecular weight is 621 g/mol. The zero-order chi connectivity index (χ0) is 31.8. The highest BCUT2D eigenvalue weighted by atomic mass is 16.8. The van der Waals surface area contributed by atoms with E-state index in [1.165, 1.54) is 25.2 Å². The Bertz CT molecular complexity index is 1280. The fraction of sp³-hybridized carbons (Fsp3) is 0.533. The van der Waals surface area contributed by atoms with Gasteiger partial charge in [-0.05, 0) is 37.6 Å². The van der Waals surface area contributed by atoms with E-state index in [4.69, 9.17) is 28.4 Å². The van der Waals surface area contributed by atoms with Gasteiger partial charge in [-0.3, -0.25) is 4.79 Å². The molecule has 14 nitrogen and oxygen atoms in total. The summed E-state index contributed by atoms with van der Waals surface area (Å²) in [5, 5.41) is 62.2. The molecule has 2 saturated heterocycles. The fourth-order valence-corrected chi connectivity index (χ4v) is 5.72. The van der Waals surface area contributed by atoms with Crippen LogP contribution >= 0.6 is 0 Å². The molecule has 1 aliphatic carbocycles. The largest absolute Gasteiger partial charge is 0.472 e. The maximum absolute atomic E-state index is 13.4. The molecule has 5 rings (SSSR count). The second kappa shape index (κ2) is 13.1. The van der Waals surface area contributed by atoms with Gasteiger partial charge < -0.3 is 59.1 Å². The van der Waals surface area contributed by atoms with Crippen LogP contribution in [0.25, 0.3) is 6.08 Å². The smallest absolute Gasteiger partial charge is 0.331 e. The molecule has 0 unspecified atom stereocenters. The molecule has 2 fully saturated rings. The second-order valence-electron chi connectivity index (χ2n) is 11.1. The number of aliphatic hydroxyl groups excluding tert-OH is 6. The van der Waals surface area contributed by atoms with Crippen molar-refractivity contribution in [3.05, 3.63) is 66.0 Å². The summed E-state index contributed by atoms with van der Waals surface area (Å²) < 4.78 is 34.2. The Morgan fingerprint density at radius 2 is 1.68 bits per heavy atom. The topological polar surface area (TPSA) is 211 Å². The average Bonchev–Trinajstić information content (AvgIpc) is 3.27. The molecule has 1 aromatic carbocycles. The molecule has 6 N–H and O–H groups in total. The Morgan fingerprint density at radius 1 is 0.955 bits per heavy atom. The summed E-state index contributed by atoms with van der Waals surface area (Å²) in [6.45, 7) is 2.40. The number of benzene rings is 1. The van der Waals surface area contributed by atoms with E-state index in [-0.39, 0.29) is 0 Å². The molecule has 0 radical (unpaired) electrons.